The van der Waals surface area contributed by atoms with Gasteiger partial charge in [-0.3, -0.25) is 0 Å². The van der Waals surface area contributed by atoms with Gasteiger partial charge in [0.2, 0.25) is 0 Å². The van der Waals surface area contributed by atoms with Crippen LogP contribution in [0.1, 0.15) is 11.3 Å². The van der Waals surface area contributed by atoms with Crippen LogP contribution in [-0.2, 0) is 0 Å². The Labute approximate surface area is 177 Å². The molecule has 0 saturated carbocycles. The highest BCUT2D eigenvalue weighted by atomic mass is 79.9. The molecule has 0 bridgehead atoms. The molecular formula is C23H17BrClN3. The van der Waals surface area contributed by atoms with Crippen molar-refractivity contribution < 1.29 is 0 Å². The van der Waals surface area contributed by atoms with Crippen LogP contribution in [0.2, 0.25) is 5.02 Å². The second-order valence-corrected chi connectivity index (χ2v) is 7.70. The van der Waals surface area contributed by atoms with Crippen LogP contribution >= 0.6 is 27.5 Å². The van der Waals surface area contributed by atoms with Crippen LogP contribution in [-0.4, -0.2) is 16.0 Å². The predicted octanol–water partition coefficient (Wildman–Crippen LogP) is 7.01. The lowest BCUT2D eigenvalue weighted by Crippen LogP contribution is -1.96. The summed E-state index contributed by atoms with van der Waals surface area (Å²) in [6.07, 6.45) is 1.84. The summed E-state index contributed by atoms with van der Waals surface area (Å²) < 4.78 is 2.90. The highest BCUT2D eigenvalue weighted by Crippen LogP contribution is 2.36. The summed E-state index contributed by atoms with van der Waals surface area (Å²) >= 11 is 9.56. The van der Waals surface area contributed by atoms with Gasteiger partial charge in [0.05, 0.1) is 11.4 Å². The molecule has 0 aliphatic carbocycles. The minimum Gasteiger partial charge on any atom is -0.236 e. The van der Waals surface area contributed by atoms with Gasteiger partial charge in [-0.25, -0.2) is 9.67 Å². The molecule has 0 fully saturated rings. The van der Waals surface area contributed by atoms with Crippen molar-refractivity contribution in [1.29, 1.82) is 0 Å². The van der Waals surface area contributed by atoms with Crippen LogP contribution in [0.4, 0.5) is 5.82 Å². The third kappa shape index (κ3) is 3.93. The van der Waals surface area contributed by atoms with Crippen LogP contribution in [0.15, 0.2) is 88.3 Å². The van der Waals surface area contributed by atoms with Crippen molar-refractivity contribution in [2.75, 3.05) is 0 Å². The first-order valence-corrected chi connectivity index (χ1v) is 9.99. The molecular weight excluding hydrogens is 434 g/mol. The fourth-order valence-electron chi connectivity index (χ4n) is 3.05. The molecule has 4 rings (SSSR count). The van der Waals surface area contributed by atoms with E-state index in [1.807, 2.05) is 84.6 Å². The molecule has 1 heterocycles. The summed E-state index contributed by atoms with van der Waals surface area (Å²) in [6.45, 7) is 2.01. The zero-order valence-corrected chi connectivity index (χ0v) is 17.5. The van der Waals surface area contributed by atoms with E-state index in [4.69, 9.17) is 21.7 Å². The van der Waals surface area contributed by atoms with E-state index in [0.29, 0.717) is 5.02 Å². The van der Waals surface area contributed by atoms with Gasteiger partial charge in [-0.2, -0.15) is 5.10 Å². The van der Waals surface area contributed by atoms with E-state index in [-0.39, 0.29) is 0 Å². The van der Waals surface area contributed by atoms with E-state index in [2.05, 4.69) is 28.1 Å². The lowest BCUT2D eigenvalue weighted by molar-refractivity contribution is 0.863. The average molecular weight is 451 g/mol. The van der Waals surface area contributed by atoms with Crippen LogP contribution in [0.25, 0.3) is 16.8 Å². The number of rotatable bonds is 4. The monoisotopic (exact) mass is 449 g/mol. The number of hydrogen-bond donors (Lipinski definition) is 0. The molecule has 0 amide bonds. The minimum absolute atomic E-state index is 0.706. The number of aryl methyl sites for hydroxylation is 1. The Hall–Kier alpha value is -2.69. The Morgan fingerprint density at radius 2 is 1.71 bits per heavy atom. The number of para-hydroxylation sites is 1. The SMILES string of the molecule is Cc1nn(-c2ccccc2)c(N=Cc2ccc(Cl)cc2)c1-c1cccc(Br)c1. The van der Waals surface area contributed by atoms with Crippen molar-refractivity contribution in [1.82, 2.24) is 9.78 Å². The Morgan fingerprint density at radius 3 is 2.43 bits per heavy atom. The first-order valence-electron chi connectivity index (χ1n) is 8.82. The molecule has 0 spiro atoms. The maximum absolute atomic E-state index is 5.99. The number of benzene rings is 3. The van der Waals surface area contributed by atoms with Crippen molar-refractivity contribution in [2.45, 2.75) is 6.92 Å². The van der Waals surface area contributed by atoms with Crippen LogP contribution in [0, 0.1) is 6.92 Å². The molecule has 0 aliphatic heterocycles. The molecule has 5 heteroatoms. The van der Waals surface area contributed by atoms with Gasteiger partial charge in [-0.05, 0) is 54.4 Å². The van der Waals surface area contributed by atoms with Crippen molar-refractivity contribution in [3.63, 3.8) is 0 Å². The van der Waals surface area contributed by atoms with Crippen molar-refractivity contribution >= 4 is 39.6 Å². The normalized spacial score (nSPS) is 11.2. The molecule has 4 aromatic rings. The van der Waals surface area contributed by atoms with Gasteiger partial charge >= 0.3 is 0 Å². The molecule has 0 aliphatic rings. The predicted molar refractivity (Wildman–Crippen MR) is 120 cm³/mol. The summed E-state index contributed by atoms with van der Waals surface area (Å²) in [5.41, 5.74) is 4.94. The van der Waals surface area contributed by atoms with Gasteiger partial charge in [0.25, 0.3) is 0 Å². The van der Waals surface area contributed by atoms with E-state index in [1.165, 1.54) is 0 Å². The first-order chi connectivity index (χ1) is 13.6. The zero-order valence-electron chi connectivity index (χ0n) is 15.2. The maximum Gasteiger partial charge on any atom is 0.163 e. The number of aromatic nitrogens is 2. The number of aliphatic imine (C=N–C) groups is 1. The third-order valence-electron chi connectivity index (χ3n) is 4.36. The van der Waals surface area contributed by atoms with E-state index >= 15 is 0 Å². The molecule has 3 nitrogen and oxygen atoms in total. The fraction of sp³-hybridized carbons (Fsp3) is 0.0435. The second-order valence-electron chi connectivity index (χ2n) is 6.35. The molecule has 1 aromatic heterocycles. The van der Waals surface area contributed by atoms with E-state index < -0.39 is 0 Å². The fourth-order valence-corrected chi connectivity index (χ4v) is 3.58. The highest BCUT2D eigenvalue weighted by Gasteiger charge is 2.17. The van der Waals surface area contributed by atoms with Gasteiger partial charge in [-0.1, -0.05) is 70.0 Å². The summed E-state index contributed by atoms with van der Waals surface area (Å²) in [5.74, 6) is 0.789. The maximum atomic E-state index is 5.99. The van der Waals surface area contributed by atoms with Gasteiger partial charge in [0, 0.05) is 21.3 Å². The quantitative estimate of drug-likeness (QED) is 0.307. The van der Waals surface area contributed by atoms with Crippen LogP contribution in [0.5, 0.6) is 0 Å². The van der Waals surface area contributed by atoms with Crippen molar-refractivity contribution in [3.05, 3.63) is 99.6 Å². The second kappa shape index (κ2) is 8.13. The van der Waals surface area contributed by atoms with Gasteiger partial charge in [0.1, 0.15) is 0 Å². The number of hydrogen-bond acceptors (Lipinski definition) is 2. The smallest absolute Gasteiger partial charge is 0.163 e. The van der Waals surface area contributed by atoms with Crippen molar-refractivity contribution in [3.8, 4) is 16.8 Å². The molecule has 0 unspecified atom stereocenters. The van der Waals surface area contributed by atoms with E-state index in [0.717, 1.165) is 38.4 Å². The number of halogens is 2. The Morgan fingerprint density at radius 1 is 0.964 bits per heavy atom. The van der Waals surface area contributed by atoms with Crippen molar-refractivity contribution in [2.24, 2.45) is 4.99 Å². The van der Waals surface area contributed by atoms with Gasteiger partial charge in [0.15, 0.2) is 5.82 Å². The summed E-state index contributed by atoms with van der Waals surface area (Å²) in [4.78, 5) is 4.83. The molecule has 3 aromatic carbocycles. The third-order valence-corrected chi connectivity index (χ3v) is 5.10. The number of nitrogens with zero attached hydrogens (tertiary/aromatic N) is 3. The van der Waals surface area contributed by atoms with E-state index in [1.54, 1.807) is 0 Å². The molecule has 138 valence electrons. The topological polar surface area (TPSA) is 30.2 Å². The van der Waals surface area contributed by atoms with Crippen LogP contribution < -0.4 is 0 Å². The molecule has 0 radical (unpaired) electrons. The molecule has 0 N–H and O–H groups in total. The molecule has 0 saturated heterocycles. The summed E-state index contributed by atoms with van der Waals surface area (Å²) in [6, 6.07) is 25.8. The first kappa shape index (κ1) is 18.7. The zero-order chi connectivity index (χ0) is 19.5. The van der Waals surface area contributed by atoms with Gasteiger partial charge in [-0.15, -0.1) is 0 Å². The van der Waals surface area contributed by atoms with Gasteiger partial charge < -0.3 is 0 Å². The molecule has 0 atom stereocenters. The minimum atomic E-state index is 0.706. The standard InChI is InChI=1S/C23H17BrClN3/c1-16-22(18-6-5-7-19(24)14-18)23(26-15-17-10-12-20(25)13-11-17)28(27-16)21-8-3-2-4-9-21/h2-15H,1H3. The van der Waals surface area contributed by atoms with E-state index in [9.17, 15) is 0 Å². The summed E-state index contributed by atoms with van der Waals surface area (Å²) in [5, 5.41) is 5.49. The average Bonchev–Trinajstić information content (AvgIpc) is 3.04. The Kier molecular flexibility index (Phi) is 5.42. The Balaban J connectivity index is 1.89. The highest BCUT2D eigenvalue weighted by molar-refractivity contribution is 9.10. The lowest BCUT2D eigenvalue weighted by Gasteiger charge is -2.06. The molecule has 28 heavy (non-hydrogen) atoms. The largest absolute Gasteiger partial charge is 0.236 e. The van der Waals surface area contributed by atoms with Crippen LogP contribution in [0.3, 0.4) is 0 Å². The lowest BCUT2D eigenvalue weighted by atomic mass is 10.1. The Bertz CT molecular complexity index is 1130. The summed E-state index contributed by atoms with van der Waals surface area (Å²) in [7, 11) is 0.